The van der Waals surface area contributed by atoms with Crippen molar-refractivity contribution in [2.45, 2.75) is 19.3 Å². The molecule has 0 saturated heterocycles. The minimum absolute atomic E-state index is 0.1000. The summed E-state index contributed by atoms with van der Waals surface area (Å²) in [6.07, 6.45) is 1.96. The lowest BCUT2D eigenvalue weighted by molar-refractivity contribution is 0.660. The molecule has 0 spiro atoms. The Hall–Kier alpha value is -3.23. The highest BCUT2D eigenvalue weighted by molar-refractivity contribution is 7.13. The van der Waals surface area contributed by atoms with Crippen LogP contribution in [0.3, 0.4) is 0 Å². The molecule has 144 valence electrons. The van der Waals surface area contributed by atoms with Crippen LogP contribution in [0.15, 0.2) is 90.4 Å². The van der Waals surface area contributed by atoms with Gasteiger partial charge in [-0.25, -0.2) is 0 Å². The van der Waals surface area contributed by atoms with Crippen molar-refractivity contribution in [3.05, 3.63) is 102 Å². The first-order valence-corrected chi connectivity index (χ1v) is 11.2. The van der Waals surface area contributed by atoms with Crippen molar-refractivity contribution in [3.8, 4) is 32.8 Å². The first-order valence-electron chi connectivity index (χ1n) is 10.3. The SMILES string of the molecule is CC1(C)c2cc3ccccc3cc2-c2ccnc(-c3cccc(-c4cccs4)c3)c21. The second-order valence-electron chi connectivity index (χ2n) is 8.51. The van der Waals surface area contributed by atoms with Crippen molar-refractivity contribution in [2.24, 2.45) is 0 Å². The third-order valence-corrected chi connectivity index (χ3v) is 7.29. The number of pyridine rings is 1. The van der Waals surface area contributed by atoms with Gasteiger partial charge in [-0.15, -0.1) is 11.3 Å². The van der Waals surface area contributed by atoms with Crippen LogP contribution in [0.2, 0.25) is 0 Å². The Kier molecular flexibility index (Phi) is 3.75. The zero-order chi connectivity index (χ0) is 20.3. The lowest BCUT2D eigenvalue weighted by atomic mass is 9.80. The van der Waals surface area contributed by atoms with Crippen molar-refractivity contribution >= 4 is 22.1 Å². The van der Waals surface area contributed by atoms with Crippen LogP contribution >= 0.6 is 11.3 Å². The minimum atomic E-state index is -0.1000. The van der Waals surface area contributed by atoms with Crippen LogP contribution in [-0.2, 0) is 5.41 Å². The first-order chi connectivity index (χ1) is 14.6. The molecule has 1 aliphatic carbocycles. The summed E-state index contributed by atoms with van der Waals surface area (Å²) in [5.41, 5.74) is 8.80. The van der Waals surface area contributed by atoms with Crippen LogP contribution in [0.1, 0.15) is 25.0 Å². The van der Waals surface area contributed by atoms with Gasteiger partial charge < -0.3 is 0 Å². The number of thiophene rings is 1. The van der Waals surface area contributed by atoms with E-state index < -0.39 is 0 Å². The Morgan fingerprint density at radius 1 is 0.733 bits per heavy atom. The van der Waals surface area contributed by atoms with Gasteiger partial charge in [-0.2, -0.15) is 0 Å². The number of nitrogens with zero attached hydrogens (tertiary/aromatic N) is 1. The minimum Gasteiger partial charge on any atom is -0.256 e. The van der Waals surface area contributed by atoms with E-state index in [1.165, 1.54) is 49.0 Å². The molecule has 1 aliphatic rings. The largest absolute Gasteiger partial charge is 0.256 e. The molecule has 2 heteroatoms. The topological polar surface area (TPSA) is 12.9 Å². The van der Waals surface area contributed by atoms with Crippen LogP contribution in [0.5, 0.6) is 0 Å². The fraction of sp³-hybridized carbons (Fsp3) is 0.107. The molecule has 6 rings (SSSR count). The van der Waals surface area contributed by atoms with E-state index in [-0.39, 0.29) is 5.41 Å². The van der Waals surface area contributed by atoms with Crippen LogP contribution in [0.25, 0.3) is 43.6 Å². The summed E-state index contributed by atoms with van der Waals surface area (Å²) in [4.78, 5) is 6.18. The molecule has 3 aromatic carbocycles. The van der Waals surface area contributed by atoms with Crippen molar-refractivity contribution in [1.82, 2.24) is 4.98 Å². The van der Waals surface area contributed by atoms with E-state index in [2.05, 4.69) is 98.1 Å². The Morgan fingerprint density at radius 2 is 1.53 bits per heavy atom. The maximum absolute atomic E-state index is 4.89. The summed E-state index contributed by atoms with van der Waals surface area (Å²) >= 11 is 1.78. The molecule has 0 atom stereocenters. The van der Waals surface area contributed by atoms with E-state index in [0.29, 0.717) is 0 Å². The van der Waals surface area contributed by atoms with Crippen LogP contribution in [0.4, 0.5) is 0 Å². The Bertz CT molecular complexity index is 1410. The Balaban J connectivity index is 1.59. The van der Waals surface area contributed by atoms with Gasteiger partial charge in [-0.05, 0) is 74.3 Å². The quantitative estimate of drug-likeness (QED) is 0.291. The van der Waals surface area contributed by atoms with E-state index in [4.69, 9.17) is 4.98 Å². The van der Waals surface area contributed by atoms with Crippen LogP contribution in [0, 0.1) is 0 Å². The first kappa shape index (κ1) is 17.6. The fourth-order valence-electron chi connectivity index (χ4n) is 4.92. The lowest BCUT2D eigenvalue weighted by Gasteiger charge is -2.24. The summed E-state index contributed by atoms with van der Waals surface area (Å²) in [6.45, 7) is 4.67. The summed E-state index contributed by atoms with van der Waals surface area (Å²) in [5.74, 6) is 0. The second kappa shape index (κ2) is 6.38. The molecule has 0 N–H and O–H groups in total. The molecule has 0 bridgehead atoms. The van der Waals surface area contributed by atoms with E-state index in [0.717, 1.165) is 5.69 Å². The van der Waals surface area contributed by atoms with Crippen molar-refractivity contribution in [2.75, 3.05) is 0 Å². The zero-order valence-corrected chi connectivity index (χ0v) is 17.8. The highest BCUT2D eigenvalue weighted by Crippen LogP contribution is 2.52. The predicted molar refractivity (Wildman–Crippen MR) is 128 cm³/mol. The van der Waals surface area contributed by atoms with E-state index in [9.17, 15) is 0 Å². The second-order valence-corrected chi connectivity index (χ2v) is 9.46. The molecule has 2 heterocycles. The summed E-state index contributed by atoms with van der Waals surface area (Å²) in [5, 5.41) is 4.72. The third-order valence-electron chi connectivity index (χ3n) is 6.37. The number of hydrogen-bond donors (Lipinski definition) is 0. The van der Waals surface area contributed by atoms with E-state index in [1.807, 2.05) is 6.20 Å². The predicted octanol–water partition coefficient (Wildman–Crippen LogP) is 7.94. The number of aromatic nitrogens is 1. The lowest BCUT2D eigenvalue weighted by Crippen LogP contribution is -2.17. The van der Waals surface area contributed by atoms with Crippen LogP contribution in [-0.4, -0.2) is 4.98 Å². The molecular formula is C28H21NS. The molecule has 30 heavy (non-hydrogen) atoms. The Morgan fingerprint density at radius 3 is 2.33 bits per heavy atom. The molecule has 0 saturated carbocycles. The van der Waals surface area contributed by atoms with Gasteiger partial charge in [0.25, 0.3) is 0 Å². The average molecular weight is 404 g/mol. The summed E-state index contributed by atoms with van der Waals surface area (Å²) in [6, 6.07) is 28.6. The molecular weight excluding hydrogens is 382 g/mol. The maximum atomic E-state index is 4.89. The Labute approximate surface area is 180 Å². The van der Waals surface area contributed by atoms with E-state index in [1.54, 1.807) is 11.3 Å². The number of benzene rings is 3. The van der Waals surface area contributed by atoms with Gasteiger partial charge in [0.15, 0.2) is 0 Å². The van der Waals surface area contributed by atoms with Crippen molar-refractivity contribution in [1.29, 1.82) is 0 Å². The van der Waals surface area contributed by atoms with Gasteiger partial charge >= 0.3 is 0 Å². The molecule has 5 aromatic rings. The van der Waals surface area contributed by atoms with Gasteiger partial charge in [-0.3, -0.25) is 4.98 Å². The normalized spacial score (nSPS) is 13.9. The molecule has 0 aliphatic heterocycles. The van der Waals surface area contributed by atoms with Gasteiger partial charge in [0.05, 0.1) is 5.69 Å². The van der Waals surface area contributed by atoms with Crippen LogP contribution < -0.4 is 0 Å². The molecule has 1 nitrogen and oxygen atoms in total. The number of hydrogen-bond acceptors (Lipinski definition) is 2. The number of rotatable bonds is 2. The van der Waals surface area contributed by atoms with Gasteiger partial charge in [0, 0.05) is 22.1 Å². The molecule has 0 amide bonds. The summed E-state index contributed by atoms with van der Waals surface area (Å²) < 4.78 is 0. The monoisotopic (exact) mass is 403 g/mol. The maximum Gasteiger partial charge on any atom is 0.0749 e. The highest BCUT2D eigenvalue weighted by atomic mass is 32.1. The smallest absolute Gasteiger partial charge is 0.0749 e. The fourth-order valence-corrected chi connectivity index (χ4v) is 5.64. The molecule has 0 radical (unpaired) electrons. The molecule has 2 aromatic heterocycles. The van der Waals surface area contributed by atoms with Gasteiger partial charge in [0.2, 0.25) is 0 Å². The van der Waals surface area contributed by atoms with Crippen molar-refractivity contribution < 1.29 is 0 Å². The van der Waals surface area contributed by atoms with E-state index >= 15 is 0 Å². The third kappa shape index (κ3) is 2.50. The van der Waals surface area contributed by atoms with Crippen molar-refractivity contribution in [3.63, 3.8) is 0 Å². The zero-order valence-electron chi connectivity index (χ0n) is 17.0. The van der Waals surface area contributed by atoms with Gasteiger partial charge in [0.1, 0.15) is 0 Å². The molecule has 0 fully saturated rings. The standard InChI is InChI=1S/C28H21NS/c1-28(2)24-17-19-8-4-3-7-18(19)16-23(24)22-12-13-29-27(26(22)28)21-10-5-9-20(15-21)25-11-6-14-30-25/h3-17H,1-2H3. The van der Waals surface area contributed by atoms with Gasteiger partial charge in [-0.1, -0.05) is 62.4 Å². The summed E-state index contributed by atoms with van der Waals surface area (Å²) in [7, 11) is 0. The number of fused-ring (bicyclic) bond motifs is 4. The average Bonchev–Trinajstić information content (AvgIpc) is 3.39. The highest BCUT2D eigenvalue weighted by Gasteiger charge is 2.38. The molecule has 0 unspecified atom stereocenters.